The molecule has 1 unspecified atom stereocenters. The molecule has 1 atom stereocenters. The molecule has 28 heavy (non-hydrogen) atoms. The average molecular weight is 378 g/mol. The zero-order valence-electron chi connectivity index (χ0n) is 15.2. The lowest BCUT2D eigenvalue weighted by Gasteiger charge is -2.21. The molecule has 3 aromatic rings. The van der Waals surface area contributed by atoms with E-state index in [1.165, 1.54) is 25.1 Å². The van der Waals surface area contributed by atoms with Crippen molar-refractivity contribution in [1.29, 1.82) is 0 Å². The van der Waals surface area contributed by atoms with Crippen molar-refractivity contribution >= 4 is 5.91 Å². The number of aromatic nitrogens is 3. The number of nitrogens with one attached hydrogen (secondary N) is 1. The normalized spacial score (nSPS) is 18.5. The summed E-state index contributed by atoms with van der Waals surface area (Å²) in [6.45, 7) is 0. The van der Waals surface area contributed by atoms with E-state index >= 15 is 0 Å². The van der Waals surface area contributed by atoms with Crippen molar-refractivity contribution in [1.82, 2.24) is 20.3 Å². The van der Waals surface area contributed by atoms with Gasteiger partial charge < -0.3 is 9.73 Å². The van der Waals surface area contributed by atoms with E-state index < -0.39 is 5.82 Å². The molecule has 1 saturated carbocycles. The summed E-state index contributed by atoms with van der Waals surface area (Å²) < 4.78 is 19.4. The van der Waals surface area contributed by atoms with Crippen molar-refractivity contribution in [3.8, 4) is 11.5 Å². The fourth-order valence-electron chi connectivity index (χ4n) is 3.64. The molecule has 1 N–H and O–H groups in total. The van der Waals surface area contributed by atoms with Gasteiger partial charge in [-0.1, -0.05) is 0 Å². The molecule has 3 heterocycles. The minimum Gasteiger partial charge on any atom is -0.441 e. The van der Waals surface area contributed by atoms with Crippen LogP contribution in [0.3, 0.4) is 0 Å². The van der Waals surface area contributed by atoms with Crippen molar-refractivity contribution in [2.24, 2.45) is 0 Å². The summed E-state index contributed by atoms with van der Waals surface area (Å²) >= 11 is 0. The Kier molecular flexibility index (Phi) is 4.15. The number of aryl methyl sites for hydroxylation is 1. The Morgan fingerprint density at radius 1 is 1.21 bits per heavy atom. The van der Waals surface area contributed by atoms with E-state index in [9.17, 15) is 9.18 Å². The number of oxazole rings is 1. The Labute approximate surface area is 161 Å². The highest BCUT2D eigenvalue weighted by atomic mass is 19.1. The standard InChI is InChI=1S/C21H19FN4O2/c22-15-8-14(10-23-11-15)20(27)25-16-2-1-3-18-19(16)26-21(28-18)13-6-7-24-17(9-13)12-4-5-12/h6-12,16H,1-5H2,(H,25,27). The first kappa shape index (κ1) is 17.0. The molecule has 1 amide bonds. The van der Waals surface area contributed by atoms with E-state index in [4.69, 9.17) is 4.42 Å². The minimum absolute atomic E-state index is 0.194. The molecule has 0 aliphatic heterocycles. The summed E-state index contributed by atoms with van der Waals surface area (Å²) in [7, 11) is 0. The van der Waals surface area contributed by atoms with Crippen LogP contribution in [0.2, 0.25) is 0 Å². The van der Waals surface area contributed by atoms with Crippen LogP contribution in [0.4, 0.5) is 4.39 Å². The second-order valence-corrected chi connectivity index (χ2v) is 7.38. The van der Waals surface area contributed by atoms with Crippen LogP contribution in [0.1, 0.15) is 65.1 Å². The molecule has 0 bridgehead atoms. The third kappa shape index (κ3) is 3.28. The monoisotopic (exact) mass is 378 g/mol. The fourth-order valence-corrected chi connectivity index (χ4v) is 3.64. The summed E-state index contributed by atoms with van der Waals surface area (Å²) in [5.74, 6) is 1.01. The summed E-state index contributed by atoms with van der Waals surface area (Å²) in [4.78, 5) is 25.4. The molecular weight excluding hydrogens is 359 g/mol. The SMILES string of the molecule is O=C(NC1CCCc2oc(-c3ccnc(C4CC4)c3)nc21)c1cncc(F)c1. The number of nitrogens with zero attached hydrogens (tertiary/aromatic N) is 3. The van der Waals surface area contributed by atoms with Crippen LogP contribution in [-0.4, -0.2) is 20.9 Å². The number of pyridine rings is 2. The molecule has 3 aromatic heterocycles. The van der Waals surface area contributed by atoms with Crippen molar-refractivity contribution in [3.63, 3.8) is 0 Å². The van der Waals surface area contributed by atoms with E-state index in [1.807, 2.05) is 12.1 Å². The van der Waals surface area contributed by atoms with E-state index in [2.05, 4.69) is 20.3 Å². The van der Waals surface area contributed by atoms with Gasteiger partial charge in [0.25, 0.3) is 5.91 Å². The molecule has 2 aliphatic carbocycles. The first-order valence-electron chi connectivity index (χ1n) is 9.55. The third-order valence-corrected chi connectivity index (χ3v) is 5.25. The lowest BCUT2D eigenvalue weighted by molar-refractivity contribution is 0.0930. The van der Waals surface area contributed by atoms with Crippen LogP contribution in [0, 0.1) is 5.82 Å². The first-order chi connectivity index (χ1) is 13.7. The highest BCUT2D eigenvalue weighted by molar-refractivity contribution is 5.94. The Bertz CT molecular complexity index is 1040. The van der Waals surface area contributed by atoms with Crippen molar-refractivity contribution < 1.29 is 13.6 Å². The minimum atomic E-state index is -0.537. The fraction of sp³-hybridized carbons (Fsp3) is 0.333. The maximum Gasteiger partial charge on any atom is 0.253 e. The van der Waals surface area contributed by atoms with Crippen LogP contribution in [0.25, 0.3) is 11.5 Å². The van der Waals surface area contributed by atoms with Gasteiger partial charge in [0.2, 0.25) is 5.89 Å². The van der Waals surface area contributed by atoms with E-state index in [-0.39, 0.29) is 17.5 Å². The molecule has 2 aliphatic rings. The smallest absolute Gasteiger partial charge is 0.253 e. The van der Waals surface area contributed by atoms with Gasteiger partial charge in [-0.05, 0) is 43.9 Å². The number of rotatable bonds is 4. The van der Waals surface area contributed by atoms with Crippen LogP contribution in [0.5, 0.6) is 0 Å². The predicted molar refractivity (Wildman–Crippen MR) is 99.0 cm³/mol. The van der Waals surface area contributed by atoms with Gasteiger partial charge in [-0.25, -0.2) is 9.37 Å². The van der Waals surface area contributed by atoms with Gasteiger partial charge in [0.05, 0.1) is 17.8 Å². The third-order valence-electron chi connectivity index (χ3n) is 5.25. The molecule has 0 aromatic carbocycles. The Morgan fingerprint density at radius 3 is 2.93 bits per heavy atom. The van der Waals surface area contributed by atoms with Gasteiger partial charge in [0.1, 0.15) is 17.3 Å². The van der Waals surface area contributed by atoms with Crippen LogP contribution in [-0.2, 0) is 6.42 Å². The topological polar surface area (TPSA) is 80.9 Å². The second kappa shape index (κ2) is 6.82. The molecule has 0 spiro atoms. The maximum atomic E-state index is 13.4. The van der Waals surface area contributed by atoms with Crippen LogP contribution < -0.4 is 5.32 Å². The summed E-state index contributed by atoms with van der Waals surface area (Å²) in [6, 6.07) is 4.86. The maximum absolute atomic E-state index is 13.4. The zero-order valence-corrected chi connectivity index (χ0v) is 15.2. The number of hydrogen-bond acceptors (Lipinski definition) is 5. The number of halogens is 1. The Balaban J connectivity index is 1.41. The molecule has 1 fully saturated rings. The van der Waals surface area contributed by atoms with Crippen LogP contribution in [0.15, 0.2) is 41.2 Å². The van der Waals surface area contributed by atoms with Crippen LogP contribution >= 0.6 is 0 Å². The molecule has 0 saturated heterocycles. The number of carbonyl (C=O) groups excluding carboxylic acids is 1. The lowest BCUT2D eigenvalue weighted by Crippen LogP contribution is -2.31. The molecule has 7 heteroatoms. The molecule has 0 radical (unpaired) electrons. The van der Waals surface area contributed by atoms with E-state index in [0.717, 1.165) is 48.2 Å². The summed E-state index contributed by atoms with van der Waals surface area (Å²) in [5, 5.41) is 2.94. The number of fused-ring (bicyclic) bond motifs is 1. The predicted octanol–water partition coefficient (Wildman–Crippen LogP) is 3.96. The van der Waals surface area contributed by atoms with E-state index in [0.29, 0.717) is 11.8 Å². The highest BCUT2D eigenvalue weighted by Gasteiger charge is 2.29. The van der Waals surface area contributed by atoms with Crippen molar-refractivity contribution in [3.05, 3.63) is 65.3 Å². The van der Waals surface area contributed by atoms with Gasteiger partial charge in [-0.15, -0.1) is 0 Å². The summed E-state index contributed by atoms with van der Waals surface area (Å²) in [6.07, 6.45) is 9.02. The Morgan fingerprint density at radius 2 is 2.11 bits per heavy atom. The number of hydrogen-bond donors (Lipinski definition) is 1. The van der Waals surface area contributed by atoms with Gasteiger partial charge in [0.15, 0.2) is 0 Å². The average Bonchev–Trinajstić information content (AvgIpc) is 3.47. The molecule has 142 valence electrons. The largest absolute Gasteiger partial charge is 0.441 e. The van der Waals surface area contributed by atoms with Gasteiger partial charge in [-0.2, -0.15) is 0 Å². The Hall–Kier alpha value is -3.09. The highest BCUT2D eigenvalue weighted by Crippen LogP contribution is 2.40. The van der Waals surface area contributed by atoms with Crippen molar-refractivity contribution in [2.75, 3.05) is 0 Å². The van der Waals surface area contributed by atoms with Gasteiger partial charge in [-0.3, -0.25) is 14.8 Å². The van der Waals surface area contributed by atoms with E-state index in [1.54, 1.807) is 6.20 Å². The quantitative estimate of drug-likeness (QED) is 0.743. The van der Waals surface area contributed by atoms with Gasteiger partial charge in [0, 0.05) is 36.0 Å². The van der Waals surface area contributed by atoms with Gasteiger partial charge >= 0.3 is 0 Å². The molecule has 6 nitrogen and oxygen atoms in total. The first-order valence-corrected chi connectivity index (χ1v) is 9.55. The van der Waals surface area contributed by atoms with Crippen molar-refractivity contribution in [2.45, 2.75) is 44.1 Å². The number of carbonyl (C=O) groups is 1. The summed E-state index contributed by atoms with van der Waals surface area (Å²) in [5.41, 5.74) is 2.94. The number of amides is 1. The zero-order chi connectivity index (χ0) is 19.1. The second-order valence-electron chi connectivity index (χ2n) is 7.38. The molecule has 5 rings (SSSR count). The molecular formula is C21H19FN4O2. The lowest BCUT2D eigenvalue weighted by atomic mass is 9.96.